The molecule has 2 N–H and O–H groups in total. The summed E-state index contributed by atoms with van der Waals surface area (Å²) in [5.74, 6) is 0. The molecule has 3 aromatic rings. The van der Waals surface area contributed by atoms with Crippen LogP contribution in [0.15, 0.2) is 48.5 Å². The fourth-order valence-electron chi connectivity index (χ4n) is 2.49. The van der Waals surface area contributed by atoms with Gasteiger partial charge in [0, 0.05) is 11.1 Å². The topological polar surface area (TPSA) is 56.7 Å². The molecule has 0 radical (unpaired) electrons. The number of aromatic nitrogens is 3. The lowest BCUT2D eigenvalue weighted by molar-refractivity contribution is 0.393. The normalized spacial score (nSPS) is 14.2. The highest BCUT2D eigenvalue weighted by atomic mass is 35.5. The van der Waals surface area contributed by atoms with E-state index in [4.69, 9.17) is 17.3 Å². The molecule has 3 rings (SSSR count). The third-order valence-electron chi connectivity index (χ3n) is 3.66. The molecule has 0 aliphatic rings. The van der Waals surface area contributed by atoms with Gasteiger partial charge in [0.15, 0.2) is 0 Å². The summed E-state index contributed by atoms with van der Waals surface area (Å²) in [6.07, 6.45) is 0.794. The number of hydrogen-bond donors (Lipinski definition) is 1. The first kappa shape index (κ1) is 14.0. The Labute approximate surface area is 128 Å². The highest BCUT2D eigenvalue weighted by Gasteiger charge is 2.20. The van der Waals surface area contributed by atoms with E-state index in [-0.39, 0.29) is 12.1 Å². The van der Waals surface area contributed by atoms with Crippen molar-refractivity contribution in [1.82, 2.24) is 15.0 Å². The molecule has 1 heterocycles. The van der Waals surface area contributed by atoms with Gasteiger partial charge in [0.1, 0.15) is 5.52 Å². The van der Waals surface area contributed by atoms with E-state index in [0.717, 1.165) is 22.5 Å². The van der Waals surface area contributed by atoms with Gasteiger partial charge in [-0.1, -0.05) is 41.1 Å². The van der Waals surface area contributed by atoms with Crippen LogP contribution in [0.2, 0.25) is 5.02 Å². The number of nitrogens with two attached hydrogens (primary N) is 1. The molecule has 21 heavy (non-hydrogen) atoms. The van der Waals surface area contributed by atoms with E-state index in [1.165, 1.54) is 5.56 Å². The van der Waals surface area contributed by atoms with Gasteiger partial charge in [-0.15, -0.1) is 5.10 Å². The summed E-state index contributed by atoms with van der Waals surface area (Å²) in [7, 11) is 0. The standard InChI is InChI=1S/C16H17ClN4/c1-11(18)16(10-12-6-8-13(17)9-7-12)21-15-5-3-2-4-14(15)19-20-21/h2-9,11,16H,10,18H2,1H3/t11-,16+/m0/s1. The van der Waals surface area contributed by atoms with Crippen LogP contribution < -0.4 is 5.73 Å². The van der Waals surface area contributed by atoms with Crippen LogP contribution in [0.3, 0.4) is 0 Å². The first-order valence-corrected chi connectivity index (χ1v) is 7.33. The molecule has 0 bridgehead atoms. The van der Waals surface area contributed by atoms with E-state index in [0.29, 0.717) is 0 Å². The Morgan fingerprint density at radius 3 is 2.57 bits per heavy atom. The molecule has 1 aromatic heterocycles. The lowest BCUT2D eigenvalue weighted by atomic mass is 10.0. The molecule has 0 saturated carbocycles. The number of nitrogens with zero attached hydrogens (tertiary/aromatic N) is 3. The van der Waals surface area contributed by atoms with Crippen molar-refractivity contribution in [1.29, 1.82) is 0 Å². The Morgan fingerprint density at radius 1 is 1.14 bits per heavy atom. The predicted octanol–water partition coefficient (Wildman–Crippen LogP) is 3.22. The highest BCUT2D eigenvalue weighted by Crippen LogP contribution is 2.22. The SMILES string of the molecule is C[C@H](N)[C@@H](Cc1ccc(Cl)cc1)n1nnc2ccccc21. The van der Waals surface area contributed by atoms with Gasteiger partial charge in [0.2, 0.25) is 0 Å². The van der Waals surface area contributed by atoms with Crippen molar-refractivity contribution >= 4 is 22.6 Å². The van der Waals surface area contributed by atoms with E-state index < -0.39 is 0 Å². The summed E-state index contributed by atoms with van der Waals surface area (Å²) < 4.78 is 1.93. The second-order valence-corrected chi connectivity index (χ2v) is 5.72. The summed E-state index contributed by atoms with van der Waals surface area (Å²) >= 11 is 5.94. The van der Waals surface area contributed by atoms with Gasteiger partial charge < -0.3 is 5.73 Å². The summed E-state index contributed by atoms with van der Waals surface area (Å²) in [6.45, 7) is 2.00. The average molecular weight is 301 g/mol. The molecule has 2 atom stereocenters. The van der Waals surface area contributed by atoms with Gasteiger partial charge in [-0.2, -0.15) is 0 Å². The lowest BCUT2D eigenvalue weighted by Crippen LogP contribution is -2.31. The lowest BCUT2D eigenvalue weighted by Gasteiger charge is -2.21. The van der Waals surface area contributed by atoms with Crippen LogP contribution in [0.25, 0.3) is 11.0 Å². The molecule has 0 saturated heterocycles. The largest absolute Gasteiger partial charge is 0.326 e. The maximum Gasteiger partial charge on any atom is 0.113 e. The molecule has 2 aromatic carbocycles. The average Bonchev–Trinajstić information content (AvgIpc) is 2.90. The first-order valence-electron chi connectivity index (χ1n) is 6.95. The van der Waals surface area contributed by atoms with Crippen molar-refractivity contribution < 1.29 is 0 Å². The van der Waals surface area contributed by atoms with Crippen molar-refractivity contribution in [2.45, 2.75) is 25.4 Å². The monoisotopic (exact) mass is 300 g/mol. The zero-order valence-electron chi connectivity index (χ0n) is 11.8. The Morgan fingerprint density at radius 2 is 1.86 bits per heavy atom. The van der Waals surface area contributed by atoms with Crippen molar-refractivity contribution in [2.75, 3.05) is 0 Å². The van der Waals surface area contributed by atoms with Crippen LogP contribution in [0.5, 0.6) is 0 Å². The van der Waals surface area contributed by atoms with E-state index in [1.807, 2.05) is 60.1 Å². The Bertz CT molecular complexity index is 733. The van der Waals surface area contributed by atoms with E-state index in [1.54, 1.807) is 0 Å². The number of halogens is 1. The second-order valence-electron chi connectivity index (χ2n) is 5.28. The minimum atomic E-state index is -0.0363. The van der Waals surface area contributed by atoms with Crippen molar-refractivity contribution in [3.63, 3.8) is 0 Å². The fraction of sp³-hybridized carbons (Fsp3) is 0.250. The predicted molar refractivity (Wildman–Crippen MR) is 85.4 cm³/mol. The zero-order chi connectivity index (χ0) is 14.8. The fourth-order valence-corrected chi connectivity index (χ4v) is 2.62. The molecular weight excluding hydrogens is 284 g/mol. The molecule has 0 aliphatic heterocycles. The van der Waals surface area contributed by atoms with Crippen LogP contribution in [-0.2, 0) is 6.42 Å². The highest BCUT2D eigenvalue weighted by molar-refractivity contribution is 6.30. The quantitative estimate of drug-likeness (QED) is 0.805. The number of benzene rings is 2. The Balaban J connectivity index is 1.96. The number of rotatable bonds is 4. The van der Waals surface area contributed by atoms with E-state index in [9.17, 15) is 0 Å². The minimum Gasteiger partial charge on any atom is -0.326 e. The van der Waals surface area contributed by atoms with Gasteiger partial charge in [-0.05, 0) is 43.2 Å². The number of para-hydroxylation sites is 1. The number of fused-ring (bicyclic) bond motifs is 1. The summed E-state index contributed by atoms with van der Waals surface area (Å²) in [6, 6.07) is 15.8. The molecule has 0 aliphatic carbocycles. The van der Waals surface area contributed by atoms with Gasteiger partial charge >= 0.3 is 0 Å². The van der Waals surface area contributed by atoms with Crippen LogP contribution in [0.1, 0.15) is 18.5 Å². The van der Waals surface area contributed by atoms with Gasteiger partial charge in [0.05, 0.1) is 11.6 Å². The van der Waals surface area contributed by atoms with Crippen LogP contribution in [-0.4, -0.2) is 21.0 Å². The summed E-state index contributed by atoms with van der Waals surface area (Å²) in [5.41, 5.74) is 9.26. The summed E-state index contributed by atoms with van der Waals surface area (Å²) in [5, 5.41) is 9.24. The van der Waals surface area contributed by atoms with Crippen LogP contribution in [0, 0.1) is 0 Å². The molecule has 0 unspecified atom stereocenters. The maximum absolute atomic E-state index is 6.18. The molecule has 108 valence electrons. The smallest absolute Gasteiger partial charge is 0.113 e. The third kappa shape index (κ3) is 2.91. The molecule has 0 amide bonds. The Kier molecular flexibility index (Phi) is 3.90. The molecule has 0 fully saturated rings. The van der Waals surface area contributed by atoms with Crippen molar-refractivity contribution in [3.05, 3.63) is 59.1 Å². The molecular formula is C16H17ClN4. The van der Waals surface area contributed by atoms with Gasteiger partial charge in [-0.25, -0.2) is 4.68 Å². The first-order chi connectivity index (χ1) is 10.1. The van der Waals surface area contributed by atoms with Gasteiger partial charge in [0.25, 0.3) is 0 Å². The Hall–Kier alpha value is -1.91. The molecule has 5 heteroatoms. The third-order valence-corrected chi connectivity index (χ3v) is 3.91. The van der Waals surface area contributed by atoms with Crippen molar-refractivity contribution in [2.24, 2.45) is 5.73 Å². The number of hydrogen-bond acceptors (Lipinski definition) is 3. The van der Waals surface area contributed by atoms with Crippen LogP contribution >= 0.6 is 11.6 Å². The second kappa shape index (κ2) is 5.84. The molecule has 4 nitrogen and oxygen atoms in total. The van der Waals surface area contributed by atoms with Crippen LogP contribution in [0.4, 0.5) is 0 Å². The minimum absolute atomic E-state index is 0.0363. The molecule has 0 spiro atoms. The summed E-state index contributed by atoms with van der Waals surface area (Å²) in [4.78, 5) is 0. The van der Waals surface area contributed by atoms with E-state index in [2.05, 4.69) is 10.3 Å². The van der Waals surface area contributed by atoms with Crippen molar-refractivity contribution in [3.8, 4) is 0 Å². The van der Waals surface area contributed by atoms with E-state index >= 15 is 0 Å². The maximum atomic E-state index is 6.18. The zero-order valence-corrected chi connectivity index (χ0v) is 12.5. The van der Waals surface area contributed by atoms with Gasteiger partial charge in [-0.3, -0.25) is 0 Å².